The Balaban J connectivity index is 1.86. The molecule has 0 radical (unpaired) electrons. The fourth-order valence-electron chi connectivity index (χ4n) is 2.01. The number of rotatable bonds is 5. The van der Waals surface area contributed by atoms with E-state index in [1.54, 1.807) is 11.3 Å². The van der Waals surface area contributed by atoms with Crippen molar-refractivity contribution in [3.05, 3.63) is 22.4 Å². The topological polar surface area (TPSA) is 12.5 Å². The highest BCUT2D eigenvalue weighted by Crippen LogP contribution is 2.16. The van der Waals surface area contributed by atoms with Gasteiger partial charge < -0.3 is 4.74 Å². The highest BCUT2D eigenvalue weighted by molar-refractivity contribution is 7.09. The van der Waals surface area contributed by atoms with E-state index in [1.807, 2.05) is 0 Å². The molecule has 0 unspecified atom stereocenters. The molecule has 1 fully saturated rings. The van der Waals surface area contributed by atoms with E-state index >= 15 is 0 Å². The van der Waals surface area contributed by atoms with E-state index in [2.05, 4.69) is 28.3 Å². The van der Waals surface area contributed by atoms with Gasteiger partial charge >= 0.3 is 0 Å². The van der Waals surface area contributed by atoms with Gasteiger partial charge in [-0.2, -0.15) is 0 Å². The molecule has 0 saturated carbocycles. The molecule has 16 heavy (non-hydrogen) atoms. The molecule has 1 aliphatic heterocycles. The summed E-state index contributed by atoms with van der Waals surface area (Å²) in [6, 6.07) is 4.24. The summed E-state index contributed by atoms with van der Waals surface area (Å²) in [4.78, 5) is 3.66. The monoisotopic (exact) mass is 235 g/mol. The van der Waals surface area contributed by atoms with E-state index < -0.39 is 0 Å². The van der Waals surface area contributed by atoms with Gasteiger partial charge in [0.25, 0.3) is 0 Å². The molecule has 0 N–H and O–H groups in total. The van der Waals surface area contributed by atoms with Crippen molar-refractivity contribution in [2.75, 3.05) is 19.7 Å². The van der Waals surface area contributed by atoms with Crippen LogP contribution in [0.3, 0.4) is 0 Å². The van der Waals surface area contributed by atoms with Crippen LogP contribution in [0.2, 0.25) is 0 Å². The van der Waals surface area contributed by atoms with E-state index in [0.717, 1.165) is 19.7 Å². The van der Waals surface area contributed by atoms with Crippen LogP contribution in [0.15, 0.2) is 17.5 Å². The summed E-state index contributed by atoms with van der Waals surface area (Å²) in [5.41, 5.74) is 0. The highest BCUT2D eigenvalue weighted by atomic mass is 32.1. The third kappa shape index (κ3) is 3.34. The Hall–Kier alpha value is -0.820. The largest absolute Gasteiger partial charge is 0.377 e. The molecule has 1 atom stereocenters. The molecule has 3 heteroatoms. The first-order chi connectivity index (χ1) is 7.88. The van der Waals surface area contributed by atoms with Crippen molar-refractivity contribution in [1.82, 2.24) is 4.90 Å². The first kappa shape index (κ1) is 11.7. The van der Waals surface area contributed by atoms with Crippen LogP contribution in [0.1, 0.15) is 17.7 Å². The minimum Gasteiger partial charge on any atom is -0.377 e. The van der Waals surface area contributed by atoms with Gasteiger partial charge in [0.1, 0.15) is 0 Å². The number of ether oxygens (including phenoxy) is 1. The minimum atomic E-state index is 0.383. The first-order valence-electron chi connectivity index (χ1n) is 5.68. The summed E-state index contributed by atoms with van der Waals surface area (Å²) in [5, 5.41) is 2.11. The van der Waals surface area contributed by atoms with Gasteiger partial charge in [-0.1, -0.05) is 12.0 Å². The van der Waals surface area contributed by atoms with Gasteiger partial charge in [-0.25, -0.2) is 0 Å². The van der Waals surface area contributed by atoms with E-state index in [9.17, 15) is 0 Å². The van der Waals surface area contributed by atoms with Crippen LogP contribution in [0, 0.1) is 12.3 Å². The summed E-state index contributed by atoms with van der Waals surface area (Å²) < 4.78 is 5.64. The van der Waals surface area contributed by atoms with Crippen molar-refractivity contribution in [2.24, 2.45) is 0 Å². The Kier molecular flexibility index (Phi) is 4.41. The van der Waals surface area contributed by atoms with E-state index in [1.165, 1.54) is 17.7 Å². The molecule has 1 aromatic heterocycles. The normalized spacial score (nSPS) is 20.1. The molecule has 0 aliphatic carbocycles. The van der Waals surface area contributed by atoms with Gasteiger partial charge in [-0.05, 0) is 24.3 Å². The molecule has 1 aromatic rings. The third-order valence-corrected chi connectivity index (χ3v) is 3.62. The SMILES string of the molecule is C#CCN(Cc1cccs1)C[C@@H]1CCCO1. The second kappa shape index (κ2) is 6.05. The quantitative estimate of drug-likeness (QED) is 0.726. The van der Waals surface area contributed by atoms with E-state index in [4.69, 9.17) is 11.2 Å². The van der Waals surface area contributed by atoms with Gasteiger partial charge in [0.05, 0.1) is 12.6 Å². The van der Waals surface area contributed by atoms with Crippen LogP contribution < -0.4 is 0 Å². The van der Waals surface area contributed by atoms with Crippen LogP contribution in [-0.2, 0) is 11.3 Å². The maximum Gasteiger partial charge on any atom is 0.0703 e. The standard InChI is InChI=1S/C13H17NOS/c1-2-7-14(10-12-5-3-8-15-12)11-13-6-4-9-16-13/h1,4,6,9,12H,3,5,7-8,10-11H2/t12-/m0/s1. The summed E-state index contributed by atoms with van der Waals surface area (Å²) in [5.74, 6) is 2.73. The fraction of sp³-hybridized carbons (Fsp3) is 0.538. The zero-order chi connectivity index (χ0) is 11.2. The number of hydrogen-bond donors (Lipinski definition) is 0. The van der Waals surface area contributed by atoms with E-state index in [0.29, 0.717) is 12.6 Å². The Morgan fingerprint density at radius 2 is 2.56 bits per heavy atom. The van der Waals surface area contributed by atoms with Gasteiger partial charge in [-0.3, -0.25) is 4.90 Å². The van der Waals surface area contributed by atoms with Crippen LogP contribution >= 0.6 is 11.3 Å². The van der Waals surface area contributed by atoms with Crippen molar-refractivity contribution < 1.29 is 4.74 Å². The molecule has 0 amide bonds. The average Bonchev–Trinajstić information content (AvgIpc) is 2.91. The fourth-order valence-corrected chi connectivity index (χ4v) is 2.76. The van der Waals surface area contributed by atoms with Crippen LogP contribution in [-0.4, -0.2) is 30.7 Å². The molecule has 2 rings (SSSR count). The van der Waals surface area contributed by atoms with Crippen molar-refractivity contribution in [1.29, 1.82) is 0 Å². The second-order valence-corrected chi connectivity index (χ2v) is 5.12. The van der Waals surface area contributed by atoms with Crippen molar-refractivity contribution in [3.8, 4) is 12.3 Å². The maximum atomic E-state index is 5.64. The molecule has 0 bridgehead atoms. The Morgan fingerprint density at radius 1 is 1.62 bits per heavy atom. The van der Waals surface area contributed by atoms with Crippen LogP contribution in [0.5, 0.6) is 0 Å². The Labute approximate surface area is 101 Å². The zero-order valence-corrected chi connectivity index (χ0v) is 10.2. The lowest BCUT2D eigenvalue weighted by atomic mass is 10.2. The molecule has 2 heterocycles. The van der Waals surface area contributed by atoms with Gasteiger partial charge in [0.2, 0.25) is 0 Å². The predicted octanol–water partition coefficient (Wildman–Crippen LogP) is 2.36. The summed E-state index contributed by atoms with van der Waals surface area (Å²) in [6.45, 7) is 3.52. The minimum absolute atomic E-state index is 0.383. The lowest BCUT2D eigenvalue weighted by Gasteiger charge is -2.22. The number of thiophene rings is 1. The molecule has 2 nitrogen and oxygen atoms in total. The van der Waals surface area contributed by atoms with Crippen molar-refractivity contribution in [2.45, 2.75) is 25.5 Å². The summed E-state index contributed by atoms with van der Waals surface area (Å²) >= 11 is 1.78. The molecular weight excluding hydrogens is 218 g/mol. The number of terminal acetylenes is 1. The summed E-state index contributed by atoms with van der Waals surface area (Å²) in [7, 11) is 0. The smallest absolute Gasteiger partial charge is 0.0703 e. The zero-order valence-electron chi connectivity index (χ0n) is 9.39. The third-order valence-electron chi connectivity index (χ3n) is 2.76. The Morgan fingerprint density at radius 3 is 3.19 bits per heavy atom. The van der Waals surface area contributed by atoms with Crippen molar-refractivity contribution >= 4 is 11.3 Å². The highest BCUT2D eigenvalue weighted by Gasteiger charge is 2.18. The lowest BCUT2D eigenvalue weighted by Crippen LogP contribution is -2.31. The molecule has 1 aliphatic rings. The Bertz CT molecular complexity index is 335. The second-order valence-electron chi connectivity index (χ2n) is 4.09. The maximum absolute atomic E-state index is 5.64. The average molecular weight is 235 g/mol. The van der Waals surface area contributed by atoms with Gasteiger partial charge in [-0.15, -0.1) is 17.8 Å². The van der Waals surface area contributed by atoms with E-state index in [-0.39, 0.29) is 0 Å². The lowest BCUT2D eigenvalue weighted by molar-refractivity contribution is 0.0756. The van der Waals surface area contributed by atoms with Crippen LogP contribution in [0.25, 0.3) is 0 Å². The van der Waals surface area contributed by atoms with Gasteiger partial charge in [0, 0.05) is 24.6 Å². The molecule has 0 aromatic carbocycles. The predicted molar refractivity (Wildman–Crippen MR) is 67.4 cm³/mol. The molecule has 86 valence electrons. The number of hydrogen-bond acceptors (Lipinski definition) is 3. The first-order valence-corrected chi connectivity index (χ1v) is 6.56. The molecule has 0 spiro atoms. The number of nitrogens with zero attached hydrogens (tertiary/aromatic N) is 1. The molecule has 1 saturated heterocycles. The molecular formula is C13H17NOS. The summed E-state index contributed by atoms with van der Waals surface area (Å²) in [6.07, 6.45) is 8.15. The van der Waals surface area contributed by atoms with Crippen molar-refractivity contribution in [3.63, 3.8) is 0 Å². The van der Waals surface area contributed by atoms with Gasteiger partial charge in [0.15, 0.2) is 0 Å². The van der Waals surface area contributed by atoms with Crippen LogP contribution in [0.4, 0.5) is 0 Å².